The summed E-state index contributed by atoms with van der Waals surface area (Å²) < 4.78 is 0. The smallest absolute Gasteiger partial charge is 0.261 e. The van der Waals surface area contributed by atoms with Gasteiger partial charge >= 0.3 is 0 Å². The van der Waals surface area contributed by atoms with Crippen molar-refractivity contribution < 1.29 is 19.2 Å². The summed E-state index contributed by atoms with van der Waals surface area (Å²) in [5, 5.41) is 5.60. The van der Waals surface area contributed by atoms with E-state index in [-0.39, 0.29) is 28.8 Å². The molecule has 2 aromatic rings. The van der Waals surface area contributed by atoms with Crippen LogP contribution in [0.15, 0.2) is 42.5 Å². The van der Waals surface area contributed by atoms with Crippen molar-refractivity contribution in [2.75, 3.05) is 17.2 Å². The molecular formula is C24H27N3O4. The number of nitrogens with zero attached hydrogens (tertiary/aromatic N) is 1. The van der Waals surface area contributed by atoms with Crippen LogP contribution in [-0.2, 0) is 4.79 Å². The molecule has 0 fully saturated rings. The number of imide groups is 1. The minimum atomic E-state index is -0.543. The third kappa shape index (κ3) is 4.82. The first-order valence-corrected chi connectivity index (χ1v) is 10.3. The number of rotatable bonds is 6. The van der Waals surface area contributed by atoms with Crippen LogP contribution in [0.2, 0.25) is 0 Å². The van der Waals surface area contributed by atoms with Gasteiger partial charge in [0.15, 0.2) is 0 Å². The molecular weight excluding hydrogens is 394 g/mol. The maximum absolute atomic E-state index is 12.7. The molecule has 7 heteroatoms. The predicted octanol–water partition coefficient (Wildman–Crippen LogP) is 4.32. The van der Waals surface area contributed by atoms with Crippen molar-refractivity contribution in [3.63, 3.8) is 0 Å². The van der Waals surface area contributed by atoms with Crippen molar-refractivity contribution in [3.05, 3.63) is 59.2 Å². The Morgan fingerprint density at radius 1 is 0.903 bits per heavy atom. The maximum Gasteiger partial charge on any atom is 0.261 e. The summed E-state index contributed by atoms with van der Waals surface area (Å²) in [6.45, 7) is 7.81. The molecule has 0 saturated carbocycles. The van der Waals surface area contributed by atoms with Crippen LogP contribution in [0.5, 0.6) is 0 Å². The summed E-state index contributed by atoms with van der Waals surface area (Å²) in [5.74, 6) is -1.22. The van der Waals surface area contributed by atoms with Crippen LogP contribution in [0.3, 0.4) is 0 Å². The lowest BCUT2D eigenvalue weighted by molar-refractivity contribution is -0.123. The maximum atomic E-state index is 12.7. The lowest BCUT2D eigenvalue weighted by atomic mass is 9.95. The van der Waals surface area contributed by atoms with Gasteiger partial charge in [-0.15, -0.1) is 0 Å². The van der Waals surface area contributed by atoms with E-state index in [1.807, 2.05) is 27.7 Å². The van der Waals surface area contributed by atoms with Gasteiger partial charge in [-0.2, -0.15) is 0 Å². The van der Waals surface area contributed by atoms with Crippen molar-refractivity contribution in [2.45, 2.75) is 40.5 Å². The molecule has 2 aromatic carbocycles. The second-order valence-corrected chi connectivity index (χ2v) is 8.61. The van der Waals surface area contributed by atoms with Gasteiger partial charge in [-0.1, -0.05) is 40.2 Å². The fourth-order valence-electron chi connectivity index (χ4n) is 3.15. The minimum Gasteiger partial charge on any atom is -0.326 e. The number of hydrogen-bond donors (Lipinski definition) is 2. The van der Waals surface area contributed by atoms with Crippen LogP contribution in [0.25, 0.3) is 0 Å². The van der Waals surface area contributed by atoms with E-state index in [4.69, 9.17) is 0 Å². The number of nitrogens with one attached hydrogen (secondary N) is 2. The summed E-state index contributed by atoms with van der Waals surface area (Å²) in [7, 11) is 0. The molecule has 2 N–H and O–H groups in total. The molecule has 1 aliphatic rings. The Hall–Kier alpha value is -3.48. The molecule has 0 bridgehead atoms. The SMILES string of the molecule is CCCCN1C(=O)c2ccc(C(=O)Nc3cccc(NC(=O)C(C)(C)C)c3)cc2C1=O. The highest BCUT2D eigenvalue weighted by molar-refractivity contribution is 6.22. The van der Waals surface area contributed by atoms with Gasteiger partial charge in [0.25, 0.3) is 17.7 Å². The van der Waals surface area contributed by atoms with E-state index in [1.165, 1.54) is 23.1 Å². The first-order valence-electron chi connectivity index (χ1n) is 10.3. The third-order valence-corrected chi connectivity index (χ3v) is 5.03. The van der Waals surface area contributed by atoms with Gasteiger partial charge in [0, 0.05) is 28.9 Å². The van der Waals surface area contributed by atoms with Crippen molar-refractivity contribution in [1.29, 1.82) is 0 Å². The van der Waals surface area contributed by atoms with Crippen molar-refractivity contribution >= 4 is 35.0 Å². The Morgan fingerprint density at radius 3 is 2.19 bits per heavy atom. The van der Waals surface area contributed by atoms with Crippen molar-refractivity contribution in [3.8, 4) is 0 Å². The molecule has 7 nitrogen and oxygen atoms in total. The molecule has 162 valence electrons. The molecule has 0 unspecified atom stereocenters. The number of carbonyl (C=O) groups is 4. The Bertz CT molecular complexity index is 1050. The monoisotopic (exact) mass is 421 g/mol. The number of benzene rings is 2. The summed E-state index contributed by atoms with van der Waals surface area (Å²) >= 11 is 0. The molecule has 3 rings (SSSR count). The second kappa shape index (κ2) is 8.71. The molecule has 0 saturated heterocycles. The van der Waals surface area contributed by atoms with E-state index in [2.05, 4.69) is 10.6 Å². The molecule has 0 aromatic heterocycles. The fraction of sp³-hybridized carbons (Fsp3) is 0.333. The Kier molecular flexibility index (Phi) is 6.24. The third-order valence-electron chi connectivity index (χ3n) is 5.03. The Morgan fingerprint density at radius 2 is 1.55 bits per heavy atom. The molecule has 1 aliphatic heterocycles. The molecule has 0 atom stereocenters. The zero-order valence-electron chi connectivity index (χ0n) is 18.2. The van der Waals surface area contributed by atoms with Gasteiger partial charge in [-0.25, -0.2) is 0 Å². The van der Waals surface area contributed by atoms with Crippen LogP contribution >= 0.6 is 0 Å². The van der Waals surface area contributed by atoms with E-state index in [0.717, 1.165) is 12.8 Å². The summed E-state index contributed by atoms with van der Waals surface area (Å²) in [4.78, 5) is 51.2. The largest absolute Gasteiger partial charge is 0.326 e. The van der Waals surface area contributed by atoms with Crippen LogP contribution in [-0.4, -0.2) is 35.1 Å². The first kappa shape index (κ1) is 22.2. The van der Waals surface area contributed by atoms with E-state index >= 15 is 0 Å². The molecule has 0 radical (unpaired) electrons. The highest BCUT2D eigenvalue weighted by Gasteiger charge is 2.35. The molecule has 4 amide bonds. The highest BCUT2D eigenvalue weighted by atomic mass is 16.2. The van der Waals surface area contributed by atoms with E-state index in [0.29, 0.717) is 23.5 Å². The van der Waals surface area contributed by atoms with Crippen LogP contribution < -0.4 is 10.6 Å². The molecule has 31 heavy (non-hydrogen) atoms. The van der Waals surface area contributed by atoms with Crippen LogP contribution in [0.1, 0.15) is 71.6 Å². The van der Waals surface area contributed by atoms with Gasteiger partial charge in [-0.3, -0.25) is 24.1 Å². The van der Waals surface area contributed by atoms with Crippen molar-refractivity contribution in [1.82, 2.24) is 4.90 Å². The van der Waals surface area contributed by atoms with Gasteiger partial charge in [0.05, 0.1) is 11.1 Å². The van der Waals surface area contributed by atoms with Gasteiger partial charge in [0.1, 0.15) is 0 Å². The van der Waals surface area contributed by atoms with Crippen LogP contribution in [0.4, 0.5) is 11.4 Å². The number of hydrogen-bond acceptors (Lipinski definition) is 4. The normalized spacial score (nSPS) is 13.2. The predicted molar refractivity (Wildman–Crippen MR) is 119 cm³/mol. The quantitative estimate of drug-likeness (QED) is 0.679. The standard InChI is InChI=1S/C24H27N3O4/c1-5-6-12-27-21(29)18-11-10-15(13-19(18)22(27)30)20(28)25-16-8-7-9-17(14-16)26-23(31)24(2,3)4/h7-11,13-14H,5-6,12H2,1-4H3,(H,25,28)(H,26,31). The lowest BCUT2D eigenvalue weighted by Gasteiger charge is -2.18. The van der Waals surface area contributed by atoms with Gasteiger partial charge < -0.3 is 10.6 Å². The summed E-state index contributed by atoms with van der Waals surface area (Å²) in [6.07, 6.45) is 1.61. The number of unbranched alkanes of at least 4 members (excludes halogenated alkanes) is 1. The zero-order valence-corrected chi connectivity index (χ0v) is 18.2. The topological polar surface area (TPSA) is 95.6 Å². The zero-order chi connectivity index (χ0) is 22.8. The van der Waals surface area contributed by atoms with E-state index < -0.39 is 11.3 Å². The van der Waals surface area contributed by atoms with Crippen LogP contribution in [0, 0.1) is 5.41 Å². The van der Waals surface area contributed by atoms with E-state index in [1.54, 1.807) is 24.3 Å². The first-order chi connectivity index (χ1) is 14.6. The Labute approximate surface area is 181 Å². The summed E-state index contributed by atoms with van der Waals surface area (Å²) in [5.41, 5.74) is 1.38. The van der Waals surface area contributed by atoms with Gasteiger partial charge in [0.2, 0.25) is 5.91 Å². The number of amides is 4. The van der Waals surface area contributed by atoms with E-state index in [9.17, 15) is 19.2 Å². The molecule has 0 spiro atoms. The molecule has 1 heterocycles. The number of anilines is 2. The average molecular weight is 421 g/mol. The highest BCUT2D eigenvalue weighted by Crippen LogP contribution is 2.25. The average Bonchev–Trinajstić information content (AvgIpc) is 2.95. The molecule has 0 aliphatic carbocycles. The fourth-order valence-corrected chi connectivity index (χ4v) is 3.15. The lowest BCUT2D eigenvalue weighted by Crippen LogP contribution is -2.30. The minimum absolute atomic E-state index is 0.134. The number of carbonyl (C=O) groups excluding carboxylic acids is 4. The number of fused-ring (bicyclic) bond motifs is 1. The Balaban J connectivity index is 1.75. The summed E-state index contributed by atoms with van der Waals surface area (Å²) in [6, 6.07) is 11.4. The van der Waals surface area contributed by atoms with Crippen molar-refractivity contribution in [2.24, 2.45) is 5.41 Å². The second-order valence-electron chi connectivity index (χ2n) is 8.61. The van der Waals surface area contributed by atoms with Gasteiger partial charge in [-0.05, 0) is 42.8 Å².